The molecule has 16 heavy (non-hydrogen) atoms. The summed E-state index contributed by atoms with van der Waals surface area (Å²) in [5.41, 5.74) is 0.946. The van der Waals surface area contributed by atoms with E-state index < -0.39 is 0 Å². The molecule has 0 bridgehead atoms. The highest BCUT2D eigenvalue weighted by atomic mass is 15.2. The summed E-state index contributed by atoms with van der Waals surface area (Å²) in [4.78, 5) is 2.37. The van der Waals surface area contributed by atoms with Crippen LogP contribution >= 0.6 is 0 Å². The van der Waals surface area contributed by atoms with Crippen LogP contribution in [0.1, 0.15) is 5.69 Å². The molecule has 1 saturated heterocycles. The Morgan fingerprint density at radius 2 is 2.38 bits per heavy atom. The Morgan fingerprint density at radius 1 is 1.50 bits per heavy atom. The summed E-state index contributed by atoms with van der Waals surface area (Å²) in [7, 11) is 2.16. The molecule has 0 spiro atoms. The maximum atomic E-state index is 4.09. The van der Waals surface area contributed by atoms with Gasteiger partial charge in [0, 0.05) is 32.2 Å². The largest absolute Gasteiger partial charge is 0.367 e. The second kappa shape index (κ2) is 5.23. The molecule has 1 aliphatic heterocycles. The van der Waals surface area contributed by atoms with Gasteiger partial charge in [-0.3, -0.25) is 4.90 Å². The molecule has 0 aromatic carbocycles. The van der Waals surface area contributed by atoms with E-state index in [1.807, 2.05) is 19.1 Å². The molecule has 2 heterocycles. The van der Waals surface area contributed by atoms with Crippen molar-refractivity contribution in [2.24, 2.45) is 0 Å². The van der Waals surface area contributed by atoms with Crippen molar-refractivity contribution in [2.75, 3.05) is 38.5 Å². The highest BCUT2D eigenvalue weighted by Gasteiger charge is 2.17. The molecular formula is C11H19N5. The van der Waals surface area contributed by atoms with Crippen molar-refractivity contribution in [1.29, 1.82) is 0 Å². The van der Waals surface area contributed by atoms with Crippen LogP contribution in [0.4, 0.5) is 5.82 Å². The third kappa shape index (κ3) is 2.90. The number of aryl methyl sites for hydroxylation is 1. The monoisotopic (exact) mass is 221 g/mol. The molecule has 0 radical (unpaired) electrons. The van der Waals surface area contributed by atoms with Crippen LogP contribution in [-0.4, -0.2) is 54.4 Å². The second-order valence-electron chi connectivity index (χ2n) is 4.28. The van der Waals surface area contributed by atoms with Crippen molar-refractivity contribution in [1.82, 2.24) is 20.4 Å². The van der Waals surface area contributed by atoms with Gasteiger partial charge < -0.3 is 10.6 Å². The maximum absolute atomic E-state index is 4.09. The fraction of sp³-hybridized carbons (Fsp3) is 0.636. The van der Waals surface area contributed by atoms with Gasteiger partial charge in [-0.2, -0.15) is 5.10 Å². The standard InChI is InChI=1S/C11H19N5/c1-9-3-4-11(15-14-9)13-8-10-7-12-5-6-16(10)2/h3-4,10,12H,5-8H2,1-2H3,(H,13,15). The Hall–Kier alpha value is -1.20. The van der Waals surface area contributed by atoms with E-state index >= 15 is 0 Å². The highest BCUT2D eigenvalue weighted by Crippen LogP contribution is 2.04. The van der Waals surface area contributed by atoms with Crippen LogP contribution in [0.3, 0.4) is 0 Å². The zero-order valence-electron chi connectivity index (χ0n) is 9.90. The first kappa shape index (κ1) is 11.3. The van der Waals surface area contributed by atoms with Crippen LogP contribution in [0.5, 0.6) is 0 Å². The van der Waals surface area contributed by atoms with Gasteiger partial charge in [0.1, 0.15) is 5.82 Å². The first-order valence-electron chi connectivity index (χ1n) is 5.71. The summed E-state index contributed by atoms with van der Waals surface area (Å²) in [6.07, 6.45) is 0. The van der Waals surface area contributed by atoms with Crippen LogP contribution in [0, 0.1) is 6.92 Å². The lowest BCUT2D eigenvalue weighted by molar-refractivity contribution is 0.209. The van der Waals surface area contributed by atoms with E-state index in [-0.39, 0.29) is 0 Å². The Balaban J connectivity index is 1.84. The molecular weight excluding hydrogens is 202 g/mol. The molecule has 1 fully saturated rings. The van der Waals surface area contributed by atoms with E-state index in [4.69, 9.17) is 0 Å². The fourth-order valence-corrected chi connectivity index (χ4v) is 1.81. The molecule has 0 aliphatic carbocycles. The number of nitrogens with zero attached hydrogens (tertiary/aromatic N) is 3. The minimum Gasteiger partial charge on any atom is -0.367 e. The normalized spacial score (nSPS) is 22.0. The summed E-state index contributed by atoms with van der Waals surface area (Å²) in [5, 5.41) is 14.8. The van der Waals surface area contributed by atoms with Crippen LogP contribution in [0.2, 0.25) is 0 Å². The van der Waals surface area contributed by atoms with Gasteiger partial charge in [-0.25, -0.2) is 0 Å². The van der Waals surface area contributed by atoms with Crippen LogP contribution in [0.25, 0.3) is 0 Å². The van der Waals surface area contributed by atoms with E-state index in [1.54, 1.807) is 0 Å². The van der Waals surface area contributed by atoms with E-state index in [0.29, 0.717) is 6.04 Å². The number of piperazine rings is 1. The van der Waals surface area contributed by atoms with E-state index in [1.165, 1.54) is 0 Å². The van der Waals surface area contributed by atoms with E-state index in [0.717, 1.165) is 37.7 Å². The number of aromatic nitrogens is 2. The van der Waals surface area contributed by atoms with Gasteiger partial charge in [-0.1, -0.05) is 0 Å². The molecule has 1 aromatic heterocycles. The van der Waals surface area contributed by atoms with Gasteiger partial charge in [0.15, 0.2) is 0 Å². The van der Waals surface area contributed by atoms with Crippen molar-refractivity contribution in [3.8, 4) is 0 Å². The average molecular weight is 221 g/mol. The quantitative estimate of drug-likeness (QED) is 0.758. The Bertz CT molecular complexity index is 324. The Morgan fingerprint density at radius 3 is 3.06 bits per heavy atom. The zero-order valence-corrected chi connectivity index (χ0v) is 9.90. The summed E-state index contributed by atoms with van der Waals surface area (Å²) in [6.45, 7) is 6.06. The van der Waals surface area contributed by atoms with Crippen LogP contribution in [0.15, 0.2) is 12.1 Å². The maximum Gasteiger partial charge on any atom is 0.148 e. The Labute approximate surface area is 96.2 Å². The first-order valence-corrected chi connectivity index (χ1v) is 5.71. The van der Waals surface area contributed by atoms with Crippen molar-refractivity contribution in [3.05, 3.63) is 17.8 Å². The number of hydrogen-bond acceptors (Lipinski definition) is 5. The second-order valence-corrected chi connectivity index (χ2v) is 4.28. The Kier molecular flexibility index (Phi) is 3.69. The summed E-state index contributed by atoms with van der Waals surface area (Å²) >= 11 is 0. The molecule has 0 saturated carbocycles. The molecule has 1 unspecified atom stereocenters. The highest BCUT2D eigenvalue weighted by molar-refractivity contribution is 5.32. The lowest BCUT2D eigenvalue weighted by atomic mass is 10.2. The molecule has 5 nitrogen and oxygen atoms in total. The SMILES string of the molecule is Cc1ccc(NCC2CNCCN2C)nn1. The third-order valence-corrected chi connectivity index (χ3v) is 2.96. The summed E-state index contributed by atoms with van der Waals surface area (Å²) in [6, 6.07) is 4.47. The first-order chi connectivity index (χ1) is 7.75. The molecule has 1 aromatic rings. The number of rotatable bonds is 3. The van der Waals surface area contributed by atoms with Gasteiger partial charge in [0.25, 0.3) is 0 Å². The number of nitrogens with one attached hydrogen (secondary N) is 2. The lowest BCUT2D eigenvalue weighted by Crippen LogP contribution is -2.52. The minimum absolute atomic E-state index is 0.525. The zero-order chi connectivity index (χ0) is 11.4. The van der Waals surface area contributed by atoms with Crippen molar-refractivity contribution >= 4 is 5.82 Å². The number of likely N-dealkylation sites (N-methyl/N-ethyl adjacent to an activating group) is 1. The average Bonchev–Trinajstić information content (AvgIpc) is 2.30. The lowest BCUT2D eigenvalue weighted by Gasteiger charge is -2.33. The van der Waals surface area contributed by atoms with Gasteiger partial charge >= 0.3 is 0 Å². The molecule has 88 valence electrons. The predicted octanol–water partition coefficient (Wildman–Crippen LogP) is 0.101. The molecule has 1 atom stereocenters. The molecule has 5 heteroatoms. The van der Waals surface area contributed by atoms with Gasteiger partial charge in [0.05, 0.1) is 5.69 Å². The van der Waals surface area contributed by atoms with Crippen molar-refractivity contribution in [3.63, 3.8) is 0 Å². The third-order valence-electron chi connectivity index (χ3n) is 2.96. The van der Waals surface area contributed by atoms with Gasteiger partial charge in [0.2, 0.25) is 0 Å². The minimum atomic E-state index is 0.525. The van der Waals surface area contributed by atoms with Crippen molar-refractivity contribution in [2.45, 2.75) is 13.0 Å². The van der Waals surface area contributed by atoms with Crippen LogP contribution < -0.4 is 10.6 Å². The molecule has 1 aliphatic rings. The number of anilines is 1. The van der Waals surface area contributed by atoms with Crippen molar-refractivity contribution < 1.29 is 0 Å². The van der Waals surface area contributed by atoms with Crippen LogP contribution in [-0.2, 0) is 0 Å². The molecule has 2 N–H and O–H groups in total. The van der Waals surface area contributed by atoms with Gasteiger partial charge in [-0.15, -0.1) is 5.10 Å². The molecule has 2 rings (SSSR count). The number of hydrogen-bond donors (Lipinski definition) is 2. The summed E-state index contributed by atoms with van der Waals surface area (Å²) < 4.78 is 0. The molecule has 0 amide bonds. The summed E-state index contributed by atoms with van der Waals surface area (Å²) in [5.74, 6) is 0.851. The smallest absolute Gasteiger partial charge is 0.148 e. The fourth-order valence-electron chi connectivity index (χ4n) is 1.81. The topological polar surface area (TPSA) is 53.1 Å². The van der Waals surface area contributed by atoms with E-state index in [9.17, 15) is 0 Å². The van der Waals surface area contributed by atoms with E-state index in [2.05, 4.69) is 32.8 Å². The van der Waals surface area contributed by atoms with Gasteiger partial charge in [-0.05, 0) is 26.1 Å². The predicted molar refractivity (Wildman–Crippen MR) is 64.5 cm³/mol.